The Bertz CT molecular complexity index is 1130. The Kier molecular flexibility index (Phi) is 4.55. The van der Waals surface area contributed by atoms with E-state index in [1.54, 1.807) is 41.2 Å². The second-order valence-corrected chi connectivity index (χ2v) is 6.77. The van der Waals surface area contributed by atoms with Gasteiger partial charge in [-0.05, 0) is 42.0 Å². The van der Waals surface area contributed by atoms with Crippen LogP contribution in [0.1, 0.15) is 15.9 Å². The Balaban J connectivity index is 1.62. The minimum atomic E-state index is -0.452. The van der Waals surface area contributed by atoms with Gasteiger partial charge >= 0.3 is 0 Å². The van der Waals surface area contributed by atoms with Crippen molar-refractivity contribution in [2.24, 2.45) is 5.73 Å². The van der Waals surface area contributed by atoms with Crippen molar-refractivity contribution in [1.29, 1.82) is 0 Å². The van der Waals surface area contributed by atoms with Gasteiger partial charge in [-0.1, -0.05) is 12.1 Å². The minimum absolute atomic E-state index is 0.306. The molecule has 1 amide bonds. The lowest BCUT2D eigenvalue weighted by atomic mass is 10.1. The van der Waals surface area contributed by atoms with Crippen LogP contribution in [0.2, 0.25) is 0 Å². The molecule has 0 spiro atoms. The first-order valence-corrected chi connectivity index (χ1v) is 9.06. The van der Waals surface area contributed by atoms with E-state index in [-0.39, 0.29) is 5.82 Å². The number of aromatic nitrogens is 4. The molecule has 0 saturated heterocycles. The number of thioether (sulfide) groups is 1. The van der Waals surface area contributed by atoms with E-state index in [2.05, 4.69) is 15.1 Å². The molecule has 0 unspecified atom stereocenters. The van der Waals surface area contributed by atoms with Gasteiger partial charge in [-0.2, -0.15) is 5.10 Å². The predicted octanol–water partition coefficient (Wildman–Crippen LogP) is 3.35. The molecule has 0 aliphatic carbocycles. The topological polar surface area (TPSA) is 86.7 Å². The van der Waals surface area contributed by atoms with E-state index in [9.17, 15) is 9.18 Å². The van der Waals surface area contributed by atoms with Crippen LogP contribution in [-0.4, -0.2) is 25.7 Å². The first-order valence-electron chi connectivity index (χ1n) is 8.08. The highest BCUT2D eigenvalue weighted by molar-refractivity contribution is 7.98. The number of fused-ring (bicyclic) bond motifs is 1. The number of primary amides is 1. The van der Waals surface area contributed by atoms with Gasteiger partial charge in [-0.25, -0.2) is 19.0 Å². The summed E-state index contributed by atoms with van der Waals surface area (Å²) in [5.41, 5.74) is 8.14. The average molecular weight is 379 g/mol. The largest absolute Gasteiger partial charge is 0.366 e. The summed E-state index contributed by atoms with van der Waals surface area (Å²) in [6, 6.07) is 13.2. The average Bonchev–Trinajstić information content (AvgIpc) is 3.12. The third kappa shape index (κ3) is 3.52. The maximum atomic E-state index is 13.2. The van der Waals surface area contributed by atoms with Crippen LogP contribution in [0.4, 0.5) is 4.39 Å². The molecule has 0 atom stereocenters. The van der Waals surface area contributed by atoms with Crippen molar-refractivity contribution in [2.45, 2.75) is 10.8 Å². The number of carbonyl (C=O) groups excluding carboxylic acids is 1. The van der Waals surface area contributed by atoms with Crippen molar-refractivity contribution < 1.29 is 9.18 Å². The molecule has 0 bridgehead atoms. The monoisotopic (exact) mass is 379 g/mol. The fourth-order valence-electron chi connectivity index (χ4n) is 2.67. The van der Waals surface area contributed by atoms with E-state index >= 15 is 0 Å². The molecule has 0 aliphatic rings. The van der Waals surface area contributed by atoms with Crippen LogP contribution in [0.15, 0.2) is 66.1 Å². The van der Waals surface area contributed by atoms with Gasteiger partial charge in [0.15, 0.2) is 5.65 Å². The molecule has 2 N–H and O–H groups in total. The SMILES string of the molecule is NC(=O)c1cccc(CSc2ncnc3c2cnn3-c2ccc(F)cc2)c1. The molecular weight excluding hydrogens is 365 g/mol. The lowest BCUT2D eigenvalue weighted by molar-refractivity contribution is 0.1000. The minimum Gasteiger partial charge on any atom is -0.366 e. The Labute approximate surface area is 158 Å². The van der Waals surface area contributed by atoms with E-state index in [4.69, 9.17) is 5.73 Å². The van der Waals surface area contributed by atoms with Crippen LogP contribution < -0.4 is 5.73 Å². The summed E-state index contributed by atoms with van der Waals surface area (Å²) in [5, 5.41) is 5.94. The quantitative estimate of drug-likeness (QED) is 0.424. The Morgan fingerprint density at radius 3 is 2.74 bits per heavy atom. The Morgan fingerprint density at radius 2 is 1.96 bits per heavy atom. The molecule has 0 fully saturated rings. The summed E-state index contributed by atoms with van der Waals surface area (Å²) in [5.74, 6) is -0.138. The highest BCUT2D eigenvalue weighted by atomic mass is 32.2. The first kappa shape index (κ1) is 17.2. The van der Waals surface area contributed by atoms with E-state index in [1.165, 1.54) is 30.2 Å². The number of nitrogens with zero attached hydrogens (tertiary/aromatic N) is 4. The van der Waals surface area contributed by atoms with Crippen LogP contribution in [0, 0.1) is 5.82 Å². The number of carbonyl (C=O) groups is 1. The first-order chi connectivity index (χ1) is 13.1. The van der Waals surface area contributed by atoms with Crippen molar-refractivity contribution in [3.63, 3.8) is 0 Å². The highest BCUT2D eigenvalue weighted by Crippen LogP contribution is 2.28. The highest BCUT2D eigenvalue weighted by Gasteiger charge is 2.12. The molecular formula is C19H14FN5OS. The summed E-state index contributed by atoms with van der Waals surface area (Å²) < 4.78 is 14.8. The molecule has 2 aromatic carbocycles. The molecule has 2 aromatic heterocycles. The smallest absolute Gasteiger partial charge is 0.248 e. The van der Waals surface area contributed by atoms with Gasteiger partial charge in [-0.15, -0.1) is 11.8 Å². The zero-order chi connectivity index (χ0) is 18.8. The number of rotatable bonds is 5. The Morgan fingerprint density at radius 1 is 1.15 bits per heavy atom. The van der Waals surface area contributed by atoms with E-state index in [1.807, 2.05) is 6.07 Å². The van der Waals surface area contributed by atoms with Crippen molar-refractivity contribution in [1.82, 2.24) is 19.7 Å². The van der Waals surface area contributed by atoms with Crippen LogP contribution in [-0.2, 0) is 5.75 Å². The van der Waals surface area contributed by atoms with Gasteiger partial charge in [0.25, 0.3) is 0 Å². The van der Waals surface area contributed by atoms with Gasteiger partial charge in [0.2, 0.25) is 5.91 Å². The number of hydrogen-bond donors (Lipinski definition) is 1. The van der Waals surface area contributed by atoms with Crippen molar-refractivity contribution in [3.8, 4) is 5.69 Å². The Hall–Kier alpha value is -3.26. The van der Waals surface area contributed by atoms with Gasteiger partial charge < -0.3 is 5.73 Å². The zero-order valence-electron chi connectivity index (χ0n) is 14.0. The van der Waals surface area contributed by atoms with E-state index < -0.39 is 5.91 Å². The number of nitrogens with two attached hydrogens (primary N) is 1. The third-order valence-electron chi connectivity index (χ3n) is 3.99. The zero-order valence-corrected chi connectivity index (χ0v) is 14.9. The summed E-state index contributed by atoms with van der Waals surface area (Å²) in [6.07, 6.45) is 3.17. The lowest BCUT2D eigenvalue weighted by Gasteiger charge is -2.05. The van der Waals surface area contributed by atoms with Gasteiger partial charge in [0, 0.05) is 11.3 Å². The summed E-state index contributed by atoms with van der Waals surface area (Å²) in [6.45, 7) is 0. The van der Waals surface area contributed by atoms with Crippen LogP contribution in [0.25, 0.3) is 16.7 Å². The number of hydrogen-bond acceptors (Lipinski definition) is 5. The maximum Gasteiger partial charge on any atom is 0.248 e. The van der Waals surface area contributed by atoms with Crippen LogP contribution in [0.5, 0.6) is 0 Å². The fraction of sp³-hybridized carbons (Fsp3) is 0.0526. The second-order valence-electron chi connectivity index (χ2n) is 5.80. The third-order valence-corrected chi connectivity index (χ3v) is 5.06. The molecule has 134 valence electrons. The molecule has 4 rings (SSSR count). The number of amides is 1. The molecule has 6 nitrogen and oxygen atoms in total. The summed E-state index contributed by atoms with van der Waals surface area (Å²) in [4.78, 5) is 20.0. The summed E-state index contributed by atoms with van der Waals surface area (Å²) in [7, 11) is 0. The van der Waals surface area contributed by atoms with Crippen LogP contribution in [0.3, 0.4) is 0 Å². The second kappa shape index (κ2) is 7.16. The maximum absolute atomic E-state index is 13.2. The fourth-order valence-corrected chi connectivity index (χ4v) is 3.58. The molecule has 27 heavy (non-hydrogen) atoms. The molecule has 0 saturated carbocycles. The molecule has 4 aromatic rings. The lowest BCUT2D eigenvalue weighted by Crippen LogP contribution is -2.10. The summed E-state index contributed by atoms with van der Waals surface area (Å²) >= 11 is 1.52. The number of benzene rings is 2. The molecule has 2 heterocycles. The molecule has 0 aliphatic heterocycles. The van der Waals surface area contributed by atoms with Crippen molar-refractivity contribution in [2.75, 3.05) is 0 Å². The molecule has 8 heteroatoms. The van der Waals surface area contributed by atoms with Crippen molar-refractivity contribution >= 4 is 28.7 Å². The van der Waals surface area contributed by atoms with Crippen LogP contribution >= 0.6 is 11.8 Å². The van der Waals surface area contributed by atoms with E-state index in [0.717, 1.165) is 21.7 Å². The van der Waals surface area contributed by atoms with Crippen molar-refractivity contribution in [3.05, 3.63) is 78.0 Å². The van der Waals surface area contributed by atoms with E-state index in [0.29, 0.717) is 17.0 Å². The number of halogens is 1. The van der Waals surface area contributed by atoms with Gasteiger partial charge in [0.1, 0.15) is 17.2 Å². The normalized spacial score (nSPS) is 11.0. The van der Waals surface area contributed by atoms with Gasteiger partial charge in [-0.3, -0.25) is 4.79 Å². The predicted molar refractivity (Wildman–Crippen MR) is 101 cm³/mol. The standard InChI is InChI=1S/C19H14FN5OS/c20-14-4-6-15(7-5-14)25-18-16(9-24-25)19(23-11-22-18)27-10-12-2-1-3-13(8-12)17(21)26/h1-9,11H,10H2,(H2,21,26). The molecule has 0 radical (unpaired) electrons. The van der Waals surface area contributed by atoms with Gasteiger partial charge in [0.05, 0.1) is 17.3 Å².